The van der Waals surface area contributed by atoms with E-state index in [0.29, 0.717) is 5.41 Å². The first-order valence-corrected chi connectivity index (χ1v) is 8.46. The summed E-state index contributed by atoms with van der Waals surface area (Å²) in [5, 5.41) is 0. The fourth-order valence-corrected chi connectivity index (χ4v) is 5.88. The highest BCUT2D eigenvalue weighted by atomic mass is 14.6. The molecule has 1 aromatic carbocycles. The fourth-order valence-electron chi connectivity index (χ4n) is 5.88. The zero-order valence-corrected chi connectivity index (χ0v) is 12.6. The lowest BCUT2D eigenvalue weighted by Crippen LogP contribution is -2.47. The first-order chi connectivity index (χ1) is 9.62. The zero-order chi connectivity index (χ0) is 13.7. The minimum atomic E-state index is 0.156. The first-order valence-electron chi connectivity index (χ1n) is 8.46. The van der Waals surface area contributed by atoms with Gasteiger partial charge in [0.25, 0.3) is 0 Å². The molecule has 20 heavy (non-hydrogen) atoms. The van der Waals surface area contributed by atoms with Crippen LogP contribution in [0, 0.1) is 23.2 Å². The molecule has 0 amide bonds. The predicted molar refractivity (Wildman–Crippen MR) is 83.4 cm³/mol. The van der Waals surface area contributed by atoms with Gasteiger partial charge in [0.1, 0.15) is 0 Å². The summed E-state index contributed by atoms with van der Waals surface area (Å²) in [6, 6.07) is 9.29. The molecular weight excluding hydrogens is 242 g/mol. The molecule has 4 bridgehead atoms. The maximum atomic E-state index is 5.95. The molecule has 1 heteroatoms. The van der Waals surface area contributed by atoms with Crippen molar-refractivity contribution in [1.29, 1.82) is 0 Å². The highest BCUT2D eigenvalue weighted by Crippen LogP contribution is 2.61. The van der Waals surface area contributed by atoms with Crippen molar-refractivity contribution in [3.63, 3.8) is 0 Å². The van der Waals surface area contributed by atoms with Crippen molar-refractivity contribution >= 4 is 0 Å². The van der Waals surface area contributed by atoms with E-state index in [1.165, 1.54) is 36.8 Å². The van der Waals surface area contributed by atoms with Gasteiger partial charge in [-0.2, -0.15) is 0 Å². The van der Waals surface area contributed by atoms with Crippen LogP contribution in [0.2, 0.25) is 0 Å². The Morgan fingerprint density at radius 3 is 1.95 bits per heavy atom. The van der Waals surface area contributed by atoms with Crippen LogP contribution in [-0.4, -0.2) is 0 Å². The molecule has 2 N–H and O–H groups in total. The van der Waals surface area contributed by atoms with Crippen LogP contribution in [0.4, 0.5) is 0 Å². The molecule has 108 valence electrons. The second-order valence-corrected chi connectivity index (χ2v) is 8.12. The summed E-state index contributed by atoms with van der Waals surface area (Å²) in [6.07, 6.45) is 10.5. The molecule has 4 aliphatic carbocycles. The Hall–Kier alpha value is -0.820. The van der Waals surface area contributed by atoms with Gasteiger partial charge in [-0.3, -0.25) is 0 Å². The standard InChI is InChI=1S/C19H27N/c1-13(20)18-4-2-14(3-5-18)9-19-10-15-6-16(11-19)8-17(7-15)12-19/h2-5,13,15-17H,6-12,20H2,1H3. The van der Waals surface area contributed by atoms with Crippen molar-refractivity contribution < 1.29 is 0 Å². The smallest absolute Gasteiger partial charge is 0.0266 e. The van der Waals surface area contributed by atoms with Crippen LogP contribution in [-0.2, 0) is 6.42 Å². The summed E-state index contributed by atoms with van der Waals surface area (Å²) < 4.78 is 0. The van der Waals surface area contributed by atoms with Crippen molar-refractivity contribution in [2.24, 2.45) is 28.9 Å². The van der Waals surface area contributed by atoms with Gasteiger partial charge in [-0.05, 0) is 86.2 Å². The van der Waals surface area contributed by atoms with Crippen LogP contribution in [0.1, 0.15) is 62.6 Å². The van der Waals surface area contributed by atoms with E-state index in [1.807, 2.05) is 0 Å². The van der Waals surface area contributed by atoms with Crippen molar-refractivity contribution in [2.45, 2.75) is 57.9 Å². The van der Waals surface area contributed by atoms with Crippen molar-refractivity contribution in [2.75, 3.05) is 0 Å². The molecule has 0 aliphatic heterocycles. The average Bonchev–Trinajstić information content (AvgIpc) is 2.37. The molecule has 5 rings (SSSR count). The largest absolute Gasteiger partial charge is 0.324 e. The fraction of sp³-hybridized carbons (Fsp3) is 0.684. The third-order valence-corrected chi connectivity index (χ3v) is 6.25. The van der Waals surface area contributed by atoms with Gasteiger partial charge in [0.2, 0.25) is 0 Å². The van der Waals surface area contributed by atoms with Gasteiger partial charge in [-0.15, -0.1) is 0 Å². The summed E-state index contributed by atoms with van der Waals surface area (Å²) in [5.74, 6) is 3.18. The molecule has 4 saturated carbocycles. The Morgan fingerprint density at radius 1 is 1.00 bits per heavy atom. The number of rotatable bonds is 3. The second-order valence-electron chi connectivity index (χ2n) is 8.12. The summed E-state index contributed by atoms with van der Waals surface area (Å²) in [7, 11) is 0. The molecule has 4 aliphatic rings. The van der Waals surface area contributed by atoms with Gasteiger partial charge in [0, 0.05) is 6.04 Å². The van der Waals surface area contributed by atoms with Gasteiger partial charge in [0.15, 0.2) is 0 Å². The molecule has 0 spiro atoms. The van der Waals surface area contributed by atoms with Crippen molar-refractivity contribution in [1.82, 2.24) is 0 Å². The van der Waals surface area contributed by atoms with E-state index in [-0.39, 0.29) is 6.04 Å². The van der Waals surface area contributed by atoms with E-state index in [4.69, 9.17) is 5.73 Å². The summed E-state index contributed by atoms with van der Waals surface area (Å²) in [6.45, 7) is 2.06. The Morgan fingerprint density at radius 2 is 1.50 bits per heavy atom. The van der Waals surface area contributed by atoms with Gasteiger partial charge < -0.3 is 5.73 Å². The predicted octanol–water partition coefficient (Wildman–Crippen LogP) is 4.47. The number of hydrogen-bond acceptors (Lipinski definition) is 1. The third kappa shape index (κ3) is 2.20. The second kappa shape index (κ2) is 4.59. The summed E-state index contributed by atoms with van der Waals surface area (Å²) in [5.41, 5.74) is 9.41. The van der Waals surface area contributed by atoms with Crippen LogP contribution in [0.15, 0.2) is 24.3 Å². The summed E-state index contributed by atoms with van der Waals surface area (Å²) >= 11 is 0. The van der Waals surface area contributed by atoms with E-state index in [1.54, 1.807) is 19.3 Å². The topological polar surface area (TPSA) is 26.0 Å². The lowest BCUT2D eigenvalue weighted by molar-refractivity contribution is -0.0521. The Balaban J connectivity index is 1.53. The van der Waals surface area contributed by atoms with Crippen LogP contribution in [0.25, 0.3) is 0 Å². The lowest BCUT2D eigenvalue weighted by Gasteiger charge is -2.57. The van der Waals surface area contributed by atoms with Crippen LogP contribution >= 0.6 is 0 Å². The van der Waals surface area contributed by atoms with Crippen molar-refractivity contribution in [3.8, 4) is 0 Å². The highest BCUT2D eigenvalue weighted by Gasteiger charge is 2.50. The normalized spacial score (nSPS) is 40.0. The SMILES string of the molecule is CC(N)c1ccc(CC23CC4CC(CC(C4)C2)C3)cc1. The summed E-state index contributed by atoms with van der Waals surface area (Å²) in [4.78, 5) is 0. The molecule has 1 aromatic rings. The number of benzene rings is 1. The lowest BCUT2D eigenvalue weighted by atomic mass is 9.48. The molecule has 0 radical (unpaired) electrons. The van der Waals surface area contributed by atoms with Gasteiger partial charge in [-0.25, -0.2) is 0 Å². The van der Waals surface area contributed by atoms with E-state index < -0.39 is 0 Å². The minimum absolute atomic E-state index is 0.156. The Bertz CT molecular complexity index is 450. The van der Waals surface area contributed by atoms with E-state index in [9.17, 15) is 0 Å². The van der Waals surface area contributed by atoms with E-state index in [0.717, 1.165) is 17.8 Å². The van der Waals surface area contributed by atoms with Crippen molar-refractivity contribution in [3.05, 3.63) is 35.4 Å². The van der Waals surface area contributed by atoms with E-state index in [2.05, 4.69) is 31.2 Å². The number of hydrogen-bond donors (Lipinski definition) is 1. The maximum absolute atomic E-state index is 5.95. The first kappa shape index (κ1) is 12.9. The zero-order valence-electron chi connectivity index (χ0n) is 12.6. The van der Waals surface area contributed by atoms with Crippen LogP contribution in [0.5, 0.6) is 0 Å². The Labute approximate surface area is 122 Å². The molecular formula is C19H27N. The van der Waals surface area contributed by atoms with Gasteiger partial charge in [-0.1, -0.05) is 24.3 Å². The molecule has 1 atom stereocenters. The molecule has 0 aromatic heterocycles. The average molecular weight is 269 g/mol. The number of nitrogens with two attached hydrogens (primary N) is 1. The molecule has 4 fully saturated rings. The van der Waals surface area contributed by atoms with Gasteiger partial charge in [0.05, 0.1) is 0 Å². The van der Waals surface area contributed by atoms with E-state index >= 15 is 0 Å². The quantitative estimate of drug-likeness (QED) is 0.861. The maximum Gasteiger partial charge on any atom is 0.0266 e. The minimum Gasteiger partial charge on any atom is -0.324 e. The third-order valence-electron chi connectivity index (χ3n) is 6.25. The molecule has 1 unspecified atom stereocenters. The molecule has 0 heterocycles. The van der Waals surface area contributed by atoms with Gasteiger partial charge >= 0.3 is 0 Å². The Kier molecular flexibility index (Phi) is 2.96. The molecule has 0 saturated heterocycles. The van der Waals surface area contributed by atoms with Crippen LogP contribution < -0.4 is 5.73 Å². The van der Waals surface area contributed by atoms with Crippen LogP contribution in [0.3, 0.4) is 0 Å². The monoisotopic (exact) mass is 269 g/mol. The molecule has 1 nitrogen and oxygen atoms in total. The highest BCUT2D eigenvalue weighted by molar-refractivity contribution is 5.26.